The molecule has 0 saturated carbocycles. The first kappa shape index (κ1) is 24.2. The molecule has 4 aromatic rings. The summed E-state index contributed by atoms with van der Waals surface area (Å²) in [6, 6.07) is 14.6. The normalized spacial score (nSPS) is 11.1. The maximum absolute atomic E-state index is 13.3. The molecule has 2 aromatic carbocycles. The Morgan fingerprint density at radius 2 is 1.74 bits per heavy atom. The number of thiophene rings is 1. The van der Waals surface area contributed by atoms with E-state index in [2.05, 4.69) is 0 Å². The van der Waals surface area contributed by atoms with E-state index < -0.39 is 23.8 Å². The fraction of sp³-hybridized carbons (Fsp3) is 0.240. The molecule has 2 aromatic heterocycles. The Bertz CT molecular complexity index is 1500. The minimum atomic E-state index is -1.27. The second-order valence-corrected chi connectivity index (χ2v) is 8.78. The van der Waals surface area contributed by atoms with Gasteiger partial charge in [0.2, 0.25) is 0 Å². The molecule has 2 heterocycles. The molecule has 35 heavy (non-hydrogen) atoms. The minimum Gasteiger partial charge on any atom is -0.496 e. The third-order valence-electron chi connectivity index (χ3n) is 5.57. The van der Waals surface area contributed by atoms with Crippen LogP contribution in [0.2, 0.25) is 0 Å². The van der Waals surface area contributed by atoms with Crippen LogP contribution in [0.4, 0.5) is 0 Å². The number of fused-ring (bicyclic) bond motifs is 1. The summed E-state index contributed by atoms with van der Waals surface area (Å²) in [7, 11) is 3.08. The average Bonchev–Trinajstić information content (AvgIpc) is 3.20. The SMILES string of the molecule is COCOc1ccc(-c2sc3c(c2C)c(=O)n(CC(=O)O)c(=O)n3Cc2ccccc2OC)cc1. The van der Waals surface area contributed by atoms with Gasteiger partial charge in [-0.1, -0.05) is 18.2 Å². The van der Waals surface area contributed by atoms with Gasteiger partial charge in [-0.05, 0) is 48.4 Å². The van der Waals surface area contributed by atoms with Gasteiger partial charge < -0.3 is 19.3 Å². The molecular weight excluding hydrogens is 472 g/mol. The summed E-state index contributed by atoms with van der Waals surface area (Å²) in [6.45, 7) is 1.31. The van der Waals surface area contributed by atoms with E-state index in [1.165, 1.54) is 30.1 Å². The van der Waals surface area contributed by atoms with Crippen molar-refractivity contribution in [1.82, 2.24) is 9.13 Å². The maximum Gasteiger partial charge on any atom is 0.332 e. The molecule has 0 unspecified atom stereocenters. The molecule has 9 nitrogen and oxygen atoms in total. The highest BCUT2D eigenvalue weighted by atomic mass is 32.1. The number of carboxylic acids is 1. The molecule has 0 aliphatic carbocycles. The smallest absolute Gasteiger partial charge is 0.332 e. The number of aromatic nitrogens is 2. The third kappa shape index (κ3) is 4.71. The van der Waals surface area contributed by atoms with E-state index in [0.29, 0.717) is 27.3 Å². The van der Waals surface area contributed by atoms with Crippen molar-refractivity contribution in [3.63, 3.8) is 0 Å². The molecule has 10 heteroatoms. The lowest BCUT2D eigenvalue weighted by atomic mass is 10.1. The number of carboxylic acid groups (broad SMARTS) is 1. The van der Waals surface area contributed by atoms with Gasteiger partial charge in [0.25, 0.3) is 5.56 Å². The summed E-state index contributed by atoms with van der Waals surface area (Å²) >= 11 is 1.31. The van der Waals surface area contributed by atoms with Crippen LogP contribution in [0.3, 0.4) is 0 Å². The van der Waals surface area contributed by atoms with Gasteiger partial charge in [0.05, 0.1) is 19.0 Å². The predicted molar refractivity (Wildman–Crippen MR) is 133 cm³/mol. The van der Waals surface area contributed by atoms with Crippen LogP contribution in [0.25, 0.3) is 20.7 Å². The highest BCUT2D eigenvalue weighted by molar-refractivity contribution is 7.22. The monoisotopic (exact) mass is 496 g/mol. The molecule has 0 aliphatic heterocycles. The summed E-state index contributed by atoms with van der Waals surface area (Å²) in [4.78, 5) is 39.4. The van der Waals surface area contributed by atoms with E-state index in [1.807, 2.05) is 30.3 Å². The van der Waals surface area contributed by atoms with Crippen molar-refractivity contribution in [2.45, 2.75) is 20.0 Å². The average molecular weight is 497 g/mol. The summed E-state index contributed by atoms with van der Waals surface area (Å²) < 4.78 is 18.0. The molecule has 0 spiro atoms. The quantitative estimate of drug-likeness (QED) is 0.354. The molecular formula is C25H24N2O7S. The maximum atomic E-state index is 13.3. The largest absolute Gasteiger partial charge is 0.496 e. The third-order valence-corrected chi connectivity index (χ3v) is 6.93. The van der Waals surface area contributed by atoms with Crippen molar-refractivity contribution in [3.05, 3.63) is 80.5 Å². The number of ether oxygens (including phenoxy) is 3. The first-order valence-corrected chi connectivity index (χ1v) is 11.5. The molecule has 0 aliphatic rings. The Labute approximate surface area is 204 Å². The molecule has 1 N–H and O–H groups in total. The van der Waals surface area contributed by atoms with Crippen molar-refractivity contribution in [3.8, 4) is 21.9 Å². The van der Waals surface area contributed by atoms with Gasteiger partial charge in [-0.2, -0.15) is 0 Å². The summed E-state index contributed by atoms with van der Waals surface area (Å²) in [5.74, 6) is -0.0536. The summed E-state index contributed by atoms with van der Waals surface area (Å²) in [6.07, 6.45) is 0. The second kappa shape index (κ2) is 10.2. The number of benzene rings is 2. The molecule has 182 valence electrons. The van der Waals surface area contributed by atoms with E-state index >= 15 is 0 Å². The van der Waals surface area contributed by atoms with Crippen LogP contribution >= 0.6 is 11.3 Å². The molecule has 4 rings (SSSR count). The van der Waals surface area contributed by atoms with Crippen molar-refractivity contribution in [2.24, 2.45) is 0 Å². The van der Waals surface area contributed by atoms with Crippen molar-refractivity contribution in [1.29, 1.82) is 0 Å². The highest BCUT2D eigenvalue weighted by Gasteiger charge is 2.22. The van der Waals surface area contributed by atoms with Crippen LogP contribution in [-0.2, 0) is 22.6 Å². The van der Waals surface area contributed by atoms with Crippen LogP contribution in [-0.4, -0.2) is 41.2 Å². The van der Waals surface area contributed by atoms with Gasteiger partial charge in [0, 0.05) is 17.6 Å². The number of aliphatic carboxylic acids is 1. The number of para-hydroxylation sites is 1. The molecule has 0 saturated heterocycles. The number of methoxy groups -OCH3 is 2. The lowest BCUT2D eigenvalue weighted by molar-refractivity contribution is -0.137. The van der Waals surface area contributed by atoms with Gasteiger partial charge in [-0.3, -0.25) is 14.2 Å². The van der Waals surface area contributed by atoms with E-state index in [4.69, 9.17) is 14.2 Å². The fourth-order valence-electron chi connectivity index (χ4n) is 3.92. The standard InChI is InChI=1S/C25H24N2O7S/c1-15-21-23(30)26(13-20(28)29)25(31)27(12-17-6-4-5-7-19(17)33-3)24(21)35-22(15)16-8-10-18(11-9-16)34-14-32-2/h4-11H,12-14H2,1-3H3,(H,28,29). The number of rotatable bonds is 9. The van der Waals surface area contributed by atoms with Gasteiger partial charge in [0.1, 0.15) is 22.9 Å². The van der Waals surface area contributed by atoms with Crippen molar-refractivity contribution in [2.75, 3.05) is 21.0 Å². The van der Waals surface area contributed by atoms with Gasteiger partial charge in [-0.25, -0.2) is 9.36 Å². The molecule has 0 radical (unpaired) electrons. The number of nitrogens with zero attached hydrogens (tertiary/aromatic N) is 2. The van der Waals surface area contributed by atoms with Crippen LogP contribution in [0.1, 0.15) is 11.1 Å². The first-order valence-electron chi connectivity index (χ1n) is 10.7. The van der Waals surface area contributed by atoms with E-state index in [-0.39, 0.29) is 13.3 Å². The van der Waals surface area contributed by atoms with E-state index in [0.717, 1.165) is 20.6 Å². The van der Waals surface area contributed by atoms with Gasteiger partial charge in [-0.15, -0.1) is 11.3 Å². The Morgan fingerprint density at radius 3 is 2.40 bits per heavy atom. The second-order valence-electron chi connectivity index (χ2n) is 7.78. The highest BCUT2D eigenvalue weighted by Crippen LogP contribution is 2.37. The Kier molecular flexibility index (Phi) is 7.04. The minimum absolute atomic E-state index is 0.114. The Balaban J connectivity index is 1.93. The Hall–Kier alpha value is -3.89. The Morgan fingerprint density at radius 1 is 1.03 bits per heavy atom. The van der Waals surface area contributed by atoms with Crippen molar-refractivity contribution < 1.29 is 24.1 Å². The topological polar surface area (TPSA) is 109 Å². The zero-order valence-corrected chi connectivity index (χ0v) is 20.3. The number of carbonyl (C=O) groups is 1. The lowest BCUT2D eigenvalue weighted by Gasteiger charge is -2.13. The summed E-state index contributed by atoms with van der Waals surface area (Å²) in [5, 5.41) is 9.66. The molecule has 0 fully saturated rings. The number of hydrogen-bond acceptors (Lipinski definition) is 7. The lowest BCUT2D eigenvalue weighted by Crippen LogP contribution is -2.41. The number of aryl methyl sites for hydroxylation is 1. The van der Waals surface area contributed by atoms with Crippen LogP contribution in [0, 0.1) is 6.92 Å². The number of hydrogen-bond donors (Lipinski definition) is 1. The fourth-order valence-corrected chi connectivity index (χ4v) is 5.22. The van der Waals surface area contributed by atoms with Gasteiger partial charge >= 0.3 is 11.7 Å². The van der Waals surface area contributed by atoms with Gasteiger partial charge in [0.15, 0.2) is 6.79 Å². The zero-order valence-electron chi connectivity index (χ0n) is 19.4. The van der Waals surface area contributed by atoms with E-state index in [1.54, 1.807) is 25.1 Å². The summed E-state index contributed by atoms with van der Waals surface area (Å²) in [5.41, 5.74) is 0.934. The van der Waals surface area contributed by atoms with Crippen LogP contribution in [0.15, 0.2) is 58.1 Å². The molecule has 0 bridgehead atoms. The predicted octanol–water partition coefficient (Wildman–Crippen LogP) is 3.32. The zero-order chi connectivity index (χ0) is 25.1. The van der Waals surface area contributed by atoms with Crippen molar-refractivity contribution >= 4 is 27.5 Å². The van der Waals surface area contributed by atoms with Crippen LogP contribution in [0.5, 0.6) is 11.5 Å². The molecule has 0 amide bonds. The molecule has 0 atom stereocenters. The van der Waals surface area contributed by atoms with E-state index in [9.17, 15) is 19.5 Å². The van der Waals surface area contributed by atoms with Crippen LogP contribution < -0.4 is 20.7 Å². The first-order chi connectivity index (χ1) is 16.8.